The molecule has 0 radical (unpaired) electrons. The molecule has 0 unspecified atom stereocenters. The molecule has 0 heterocycles. The van der Waals surface area contributed by atoms with Crippen molar-refractivity contribution in [2.75, 3.05) is 10.6 Å². The van der Waals surface area contributed by atoms with Crippen LogP contribution in [0.1, 0.15) is 50.3 Å². The van der Waals surface area contributed by atoms with Gasteiger partial charge >= 0.3 is 0 Å². The van der Waals surface area contributed by atoms with Crippen LogP contribution in [0, 0.1) is 25.1 Å². The van der Waals surface area contributed by atoms with Crippen LogP contribution in [0.15, 0.2) is 36.4 Å². The molecule has 0 atom stereocenters. The van der Waals surface area contributed by atoms with Crippen molar-refractivity contribution in [2.45, 2.75) is 52.9 Å². The number of halogens is 1. The highest BCUT2D eigenvalue weighted by Gasteiger charge is 2.56. The molecule has 2 amide bonds. The van der Waals surface area contributed by atoms with Gasteiger partial charge < -0.3 is 10.6 Å². The van der Waals surface area contributed by atoms with Gasteiger partial charge in [-0.05, 0) is 67.5 Å². The number of aryl methyl sites for hydroxylation is 2. The minimum atomic E-state index is -1.13. The lowest BCUT2D eigenvalue weighted by molar-refractivity contribution is -0.131. The third kappa shape index (κ3) is 3.93. The zero-order valence-corrected chi connectivity index (χ0v) is 17.1. The maximum absolute atomic E-state index is 14.5. The maximum Gasteiger partial charge on any atom is 0.240 e. The summed E-state index contributed by atoms with van der Waals surface area (Å²) in [5, 5.41) is 5.46. The van der Waals surface area contributed by atoms with Gasteiger partial charge in [0.1, 0.15) is 11.2 Å². The zero-order valence-electron chi connectivity index (χ0n) is 17.1. The molecule has 28 heavy (non-hydrogen) atoms. The Labute approximate surface area is 165 Å². The van der Waals surface area contributed by atoms with Crippen molar-refractivity contribution in [3.8, 4) is 0 Å². The van der Waals surface area contributed by atoms with E-state index in [4.69, 9.17) is 0 Å². The smallest absolute Gasteiger partial charge is 0.240 e. The molecule has 4 nitrogen and oxygen atoms in total. The summed E-state index contributed by atoms with van der Waals surface area (Å²) in [6, 6.07) is 10.5. The predicted octanol–water partition coefficient (Wildman–Crippen LogP) is 5.10. The Bertz CT molecular complexity index is 923. The lowest BCUT2D eigenvalue weighted by atomic mass is 9.83. The number of benzene rings is 2. The molecule has 2 aromatic rings. The molecule has 3 rings (SSSR count). The van der Waals surface area contributed by atoms with Gasteiger partial charge in [0.15, 0.2) is 0 Å². The molecule has 0 saturated heterocycles. The molecule has 148 valence electrons. The standard InChI is InChI=1S/C23H27FN2O2/c1-14-6-8-16(9-7-14)25-20(27)23(10-11-23)21(28)26-19-13-17(22(3,4)5)15(2)12-18(19)24/h6-9,12-13H,10-11H2,1-5H3,(H,25,27)(H,26,28). The molecule has 1 aliphatic carbocycles. The molecule has 1 saturated carbocycles. The second kappa shape index (κ2) is 7.04. The Balaban J connectivity index is 1.79. The average molecular weight is 382 g/mol. The average Bonchev–Trinajstić information content (AvgIpc) is 3.40. The van der Waals surface area contributed by atoms with E-state index >= 15 is 0 Å². The van der Waals surface area contributed by atoms with E-state index in [1.165, 1.54) is 6.07 Å². The van der Waals surface area contributed by atoms with Gasteiger partial charge in [0.05, 0.1) is 5.69 Å². The van der Waals surface area contributed by atoms with Crippen molar-refractivity contribution in [3.63, 3.8) is 0 Å². The van der Waals surface area contributed by atoms with E-state index in [1.807, 2.05) is 46.8 Å². The van der Waals surface area contributed by atoms with Crippen LogP contribution >= 0.6 is 0 Å². The zero-order chi connectivity index (χ0) is 20.7. The van der Waals surface area contributed by atoms with E-state index in [2.05, 4.69) is 10.6 Å². The van der Waals surface area contributed by atoms with Crippen LogP contribution in [0.5, 0.6) is 0 Å². The quantitative estimate of drug-likeness (QED) is 0.723. The lowest BCUT2D eigenvalue weighted by Crippen LogP contribution is -2.36. The van der Waals surface area contributed by atoms with Gasteiger partial charge in [0, 0.05) is 5.69 Å². The number of rotatable bonds is 4. The fraction of sp³-hybridized carbons (Fsp3) is 0.391. The maximum atomic E-state index is 14.5. The number of hydrogen-bond acceptors (Lipinski definition) is 2. The molecular formula is C23H27FN2O2. The summed E-state index contributed by atoms with van der Waals surface area (Å²) in [6.07, 6.45) is 0.909. The van der Waals surface area contributed by atoms with Crippen LogP contribution in [-0.4, -0.2) is 11.8 Å². The van der Waals surface area contributed by atoms with E-state index in [0.717, 1.165) is 16.7 Å². The van der Waals surface area contributed by atoms with Crippen molar-refractivity contribution in [3.05, 3.63) is 58.9 Å². The molecule has 1 aliphatic rings. The third-order valence-electron chi connectivity index (χ3n) is 5.30. The summed E-state index contributed by atoms with van der Waals surface area (Å²) < 4.78 is 14.5. The topological polar surface area (TPSA) is 58.2 Å². The van der Waals surface area contributed by atoms with Crippen molar-refractivity contribution in [2.24, 2.45) is 5.41 Å². The van der Waals surface area contributed by atoms with Crippen LogP contribution in [0.2, 0.25) is 0 Å². The Morgan fingerprint density at radius 3 is 2.07 bits per heavy atom. The van der Waals surface area contributed by atoms with Crippen LogP contribution in [0.25, 0.3) is 0 Å². The molecule has 0 aliphatic heterocycles. The summed E-state index contributed by atoms with van der Waals surface area (Å²) in [5.74, 6) is -1.30. The van der Waals surface area contributed by atoms with Crippen LogP contribution < -0.4 is 10.6 Å². The minimum absolute atomic E-state index is 0.120. The Kier molecular flexibility index (Phi) is 5.04. The van der Waals surface area contributed by atoms with Crippen LogP contribution in [0.4, 0.5) is 15.8 Å². The molecule has 2 N–H and O–H groups in total. The van der Waals surface area contributed by atoms with Crippen LogP contribution in [0.3, 0.4) is 0 Å². The Morgan fingerprint density at radius 1 is 0.964 bits per heavy atom. The highest BCUT2D eigenvalue weighted by Crippen LogP contribution is 2.47. The van der Waals surface area contributed by atoms with Gasteiger partial charge in [-0.2, -0.15) is 0 Å². The van der Waals surface area contributed by atoms with Gasteiger partial charge in [0.2, 0.25) is 11.8 Å². The van der Waals surface area contributed by atoms with E-state index < -0.39 is 17.1 Å². The minimum Gasteiger partial charge on any atom is -0.325 e. The van der Waals surface area contributed by atoms with E-state index in [-0.39, 0.29) is 17.0 Å². The highest BCUT2D eigenvalue weighted by atomic mass is 19.1. The molecule has 0 aromatic heterocycles. The molecule has 0 spiro atoms. The third-order valence-corrected chi connectivity index (χ3v) is 5.30. The summed E-state index contributed by atoms with van der Waals surface area (Å²) in [6.45, 7) is 9.93. The Hall–Kier alpha value is -2.69. The van der Waals surface area contributed by atoms with Gasteiger partial charge in [-0.25, -0.2) is 4.39 Å². The first kappa shape index (κ1) is 20.1. The monoisotopic (exact) mass is 382 g/mol. The summed E-state index contributed by atoms with van der Waals surface area (Å²) in [7, 11) is 0. The van der Waals surface area contributed by atoms with Crippen molar-refractivity contribution < 1.29 is 14.0 Å². The fourth-order valence-corrected chi connectivity index (χ4v) is 3.39. The van der Waals surface area contributed by atoms with Crippen LogP contribution in [-0.2, 0) is 15.0 Å². The molecular weight excluding hydrogens is 355 g/mol. The first-order valence-corrected chi connectivity index (χ1v) is 9.53. The second-order valence-corrected chi connectivity index (χ2v) is 8.75. The summed E-state index contributed by atoms with van der Waals surface area (Å²) >= 11 is 0. The number of carbonyl (C=O) groups is 2. The first-order chi connectivity index (χ1) is 13.0. The van der Waals surface area contributed by atoms with Crippen molar-refractivity contribution in [1.82, 2.24) is 0 Å². The van der Waals surface area contributed by atoms with Crippen molar-refractivity contribution in [1.29, 1.82) is 0 Å². The molecule has 5 heteroatoms. The van der Waals surface area contributed by atoms with Gasteiger partial charge in [0.25, 0.3) is 0 Å². The number of anilines is 2. The fourth-order valence-electron chi connectivity index (χ4n) is 3.39. The second-order valence-electron chi connectivity index (χ2n) is 8.75. The number of carbonyl (C=O) groups excluding carboxylic acids is 2. The van der Waals surface area contributed by atoms with Gasteiger partial charge in [-0.3, -0.25) is 9.59 Å². The van der Waals surface area contributed by atoms with Crippen molar-refractivity contribution >= 4 is 23.2 Å². The number of nitrogens with one attached hydrogen (secondary N) is 2. The largest absolute Gasteiger partial charge is 0.325 e. The predicted molar refractivity (Wildman–Crippen MR) is 110 cm³/mol. The Morgan fingerprint density at radius 2 is 1.54 bits per heavy atom. The van der Waals surface area contributed by atoms with Gasteiger partial charge in [-0.1, -0.05) is 38.5 Å². The number of amides is 2. The molecule has 0 bridgehead atoms. The van der Waals surface area contributed by atoms with E-state index in [0.29, 0.717) is 18.5 Å². The summed E-state index contributed by atoms with van der Waals surface area (Å²) in [4.78, 5) is 25.6. The normalized spacial score (nSPS) is 15.1. The molecule has 2 aromatic carbocycles. The van der Waals surface area contributed by atoms with E-state index in [9.17, 15) is 14.0 Å². The first-order valence-electron chi connectivity index (χ1n) is 9.53. The highest BCUT2D eigenvalue weighted by molar-refractivity contribution is 6.16. The van der Waals surface area contributed by atoms with Gasteiger partial charge in [-0.15, -0.1) is 0 Å². The SMILES string of the molecule is Cc1ccc(NC(=O)C2(C(=O)Nc3cc(C(C)(C)C)c(C)cc3F)CC2)cc1. The van der Waals surface area contributed by atoms with E-state index in [1.54, 1.807) is 18.2 Å². The lowest BCUT2D eigenvalue weighted by Gasteiger charge is -2.23. The molecule has 1 fully saturated rings. The summed E-state index contributed by atoms with van der Waals surface area (Å²) in [5.41, 5.74) is 2.32. The number of hydrogen-bond donors (Lipinski definition) is 2.